The standard InChI is InChI=1S/C21H19ClN6O4S/c1-25-13-23-24-21(25)33-18-7-4-15(12-17(18)28(31)32)20(30)27-10-8-26(9-11-27)19(29)14-2-5-16(22)6-3-14/h2-7,12-13H,8-11H2,1H3. The lowest BCUT2D eigenvalue weighted by molar-refractivity contribution is -0.387. The van der Waals surface area contributed by atoms with E-state index >= 15 is 0 Å². The Morgan fingerprint density at radius 3 is 2.12 bits per heavy atom. The van der Waals surface area contributed by atoms with Crippen LogP contribution in [0.3, 0.4) is 0 Å². The van der Waals surface area contributed by atoms with Gasteiger partial charge in [0.05, 0.1) is 9.82 Å². The van der Waals surface area contributed by atoms with Gasteiger partial charge < -0.3 is 14.4 Å². The molecular formula is C21H19ClN6O4S. The third-order valence-corrected chi connectivity index (χ3v) is 6.59. The van der Waals surface area contributed by atoms with Gasteiger partial charge in [-0.25, -0.2) is 0 Å². The fraction of sp³-hybridized carbons (Fsp3) is 0.238. The number of nitro groups is 1. The molecule has 1 saturated heterocycles. The molecule has 1 aliphatic rings. The first-order valence-electron chi connectivity index (χ1n) is 9.98. The molecule has 1 aliphatic heterocycles. The van der Waals surface area contributed by atoms with Gasteiger partial charge in [-0.05, 0) is 48.2 Å². The molecular weight excluding hydrogens is 468 g/mol. The molecule has 0 atom stereocenters. The zero-order valence-electron chi connectivity index (χ0n) is 17.5. The second-order valence-corrected chi connectivity index (χ2v) is 8.80. The summed E-state index contributed by atoms with van der Waals surface area (Å²) in [7, 11) is 1.74. The quantitative estimate of drug-likeness (QED) is 0.402. The van der Waals surface area contributed by atoms with Crippen molar-refractivity contribution in [2.75, 3.05) is 26.2 Å². The van der Waals surface area contributed by atoms with Crippen molar-refractivity contribution in [1.29, 1.82) is 0 Å². The Balaban J connectivity index is 1.44. The van der Waals surface area contributed by atoms with Gasteiger partial charge in [0.1, 0.15) is 6.33 Å². The fourth-order valence-electron chi connectivity index (χ4n) is 3.41. The molecule has 0 spiro atoms. The lowest BCUT2D eigenvalue weighted by Gasteiger charge is -2.34. The van der Waals surface area contributed by atoms with Crippen molar-refractivity contribution in [1.82, 2.24) is 24.6 Å². The van der Waals surface area contributed by atoms with Gasteiger partial charge in [0.25, 0.3) is 17.5 Å². The van der Waals surface area contributed by atoms with Crippen molar-refractivity contribution in [3.63, 3.8) is 0 Å². The summed E-state index contributed by atoms with van der Waals surface area (Å²) in [6, 6.07) is 11.1. The maximum Gasteiger partial charge on any atom is 0.284 e. The van der Waals surface area contributed by atoms with Crippen LogP contribution in [0.2, 0.25) is 5.02 Å². The molecule has 33 heavy (non-hydrogen) atoms. The second kappa shape index (κ2) is 9.59. The van der Waals surface area contributed by atoms with Crippen LogP contribution in [0.4, 0.5) is 5.69 Å². The Kier molecular flexibility index (Phi) is 6.61. The zero-order valence-corrected chi connectivity index (χ0v) is 19.1. The molecule has 0 N–H and O–H groups in total. The molecule has 10 nitrogen and oxygen atoms in total. The fourth-order valence-corrected chi connectivity index (χ4v) is 4.39. The minimum atomic E-state index is -0.516. The Morgan fingerprint density at radius 1 is 1.00 bits per heavy atom. The molecule has 170 valence electrons. The Bertz CT molecular complexity index is 1210. The Morgan fingerprint density at radius 2 is 1.58 bits per heavy atom. The van der Waals surface area contributed by atoms with Crippen LogP contribution < -0.4 is 0 Å². The first-order valence-corrected chi connectivity index (χ1v) is 11.2. The highest BCUT2D eigenvalue weighted by molar-refractivity contribution is 7.99. The number of rotatable bonds is 5. The summed E-state index contributed by atoms with van der Waals surface area (Å²) in [5.41, 5.74) is 0.581. The number of carbonyl (C=O) groups excluding carboxylic acids is 2. The van der Waals surface area contributed by atoms with E-state index in [1.165, 1.54) is 12.4 Å². The van der Waals surface area contributed by atoms with E-state index in [2.05, 4.69) is 10.2 Å². The van der Waals surface area contributed by atoms with Crippen molar-refractivity contribution >= 4 is 40.9 Å². The van der Waals surface area contributed by atoms with Gasteiger partial charge in [0.15, 0.2) is 5.16 Å². The number of nitrogens with zero attached hydrogens (tertiary/aromatic N) is 6. The van der Waals surface area contributed by atoms with Crippen molar-refractivity contribution in [3.05, 3.63) is 75.1 Å². The highest BCUT2D eigenvalue weighted by Crippen LogP contribution is 2.34. The molecule has 12 heteroatoms. The number of hydrogen-bond donors (Lipinski definition) is 0. The summed E-state index contributed by atoms with van der Waals surface area (Å²) in [4.78, 5) is 40.4. The van der Waals surface area contributed by atoms with Gasteiger partial charge in [-0.15, -0.1) is 10.2 Å². The van der Waals surface area contributed by atoms with Crippen LogP contribution in [0.15, 0.2) is 58.8 Å². The highest BCUT2D eigenvalue weighted by atomic mass is 35.5. The minimum absolute atomic E-state index is 0.125. The second-order valence-electron chi connectivity index (χ2n) is 7.36. The van der Waals surface area contributed by atoms with E-state index in [1.807, 2.05) is 0 Å². The van der Waals surface area contributed by atoms with Gasteiger partial charge in [-0.3, -0.25) is 19.7 Å². The number of amides is 2. The SMILES string of the molecule is Cn1cnnc1Sc1ccc(C(=O)N2CCN(C(=O)c3ccc(Cl)cc3)CC2)cc1[N+](=O)[O-]. The van der Waals surface area contributed by atoms with Crippen LogP contribution in [0.25, 0.3) is 0 Å². The molecule has 2 aromatic carbocycles. The number of hydrogen-bond acceptors (Lipinski definition) is 7. The van der Waals surface area contributed by atoms with E-state index in [0.717, 1.165) is 11.8 Å². The molecule has 0 bridgehead atoms. The van der Waals surface area contributed by atoms with Crippen LogP contribution in [0, 0.1) is 10.1 Å². The largest absolute Gasteiger partial charge is 0.335 e. The summed E-state index contributed by atoms with van der Waals surface area (Å²) >= 11 is 6.98. The zero-order chi connectivity index (χ0) is 23.5. The van der Waals surface area contributed by atoms with Crippen molar-refractivity contribution < 1.29 is 14.5 Å². The average Bonchev–Trinajstić information content (AvgIpc) is 3.23. The topological polar surface area (TPSA) is 114 Å². The van der Waals surface area contributed by atoms with Crippen molar-refractivity contribution in [2.45, 2.75) is 10.1 Å². The number of halogens is 1. The highest BCUT2D eigenvalue weighted by Gasteiger charge is 2.27. The number of carbonyl (C=O) groups is 2. The lowest BCUT2D eigenvalue weighted by atomic mass is 10.1. The monoisotopic (exact) mass is 486 g/mol. The molecule has 1 aromatic heterocycles. The van der Waals surface area contributed by atoms with E-state index in [9.17, 15) is 19.7 Å². The normalized spacial score (nSPS) is 13.8. The maximum absolute atomic E-state index is 13.0. The molecule has 2 amide bonds. The summed E-state index contributed by atoms with van der Waals surface area (Å²) < 4.78 is 1.65. The summed E-state index contributed by atoms with van der Waals surface area (Å²) in [6.07, 6.45) is 1.50. The van der Waals surface area contributed by atoms with E-state index in [0.29, 0.717) is 46.8 Å². The molecule has 0 saturated carbocycles. The Labute approximate surface area is 198 Å². The number of nitro benzene ring substituents is 1. The number of aromatic nitrogens is 3. The predicted molar refractivity (Wildman–Crippen MR) is 121 cm³/mol. The summed E-state index contributed by atoms with van der Waals surface area (Å²) in [5, 5.41) is 20.4. The Hall–Kier alpha value is -3.44. The van der Waals surface area contributed by atoms with E-state index in [-0.39, 0.29) is 23.1 Å². The molecule has 1 fully saturated rings. The van der Waals surface area contributed by atoms with E-state index in [4.69, 9.17) is 11.6 Å². The van der Waals surface area contributed by atoms with Gasteiger partial charge in [0, 0.05) is 55.4 Å². The molecule has 3 aromatic rings. The van der Waals surface area contributed by atoms with Crippen LogP contribution in [0.1, 0.15) is 20.7 Å². The van der Waals surface area contributed by atoms with E-state index < -0.39 is 4.92 Å². The van der Waals surface area contributed by atoms with E-state index in [1.54, 1.807) is 57.8 Å². The van der Waals surface area contributed by atoms with Gasteiger partial charge in [-0.2, -0.15) is 0 Å². The number of aryl methyl sites for hydroxylation is 1. The third kappa shape index (κ3) is 4.99. The summed E-state index contributed by atoms with van der Waals surface area (Å²) in [6.45, 7) is 1.41. The predicted octanol–water partition coefficient (Wildman–Crippen LogP) is 3.13. The molecule has 0 radical (unpaired) electrons. The van der Waals surface area contributed by atoms with Crippen LogP contribution in [-0.4, -0.2) is 67.5 Å². The minimum Gasteiger partial charge on any atom is -0.335 e. The van der Waals surface area contributed by atoms with Crippen LogP contribution in [0.5, 0.6) is 0 Å². The van der Waals surface area contributed by atoms with Gasteiger partial charge in [-0.1, -0.05) is 11.6 Å². The van der Waals surface area contributed by atoms with Crippen molar-refractivity contribution in [2.24, 2.45) is 7.05 Å². The van der Waals surface area contributed by atoms with Gasteiger partial charge in [0.2, 0.25) is 0 Å². The molecule has 2 heterocycles. The van der Waals surface area contributed by atoms with Crippen LogP contribution >= 0.6 is 23.4 Å². The smallest absolute Gasteiger partial charge is 0.284 e. The van der Waals surface area contributed by atoms with Gasteiger partial charge >= 0.3 is 0 Å². The molecule has 4 rings (SSSR count). The third-order valence-electron chi connectivity index (χ3n) is 5.22. The average molecular weight is 487 g/mol. The molecule has 0 aliphatic carbocycles. The maximum atomic E-state index is 13.0. The molecule has 0 unspecified atom stereocenters. The lowest BCUT2D eigenvalue weighted by Crippen LogP contribution is -2.50. The summed E-state index contributed by atoms with van der Waals surface area (Å²) in [5.74, 6) is -0.438. The van der Waals surface area contributed by atoms with Crippen LogP contribution in [-0.2, 0) is 7.05 Å². The number of benzene rings is 2. The number of piperazine rings is 1. The first kappa shape index (κ1) is 22.7. The van der Waals surface area contributed by atoms with Crippen molar-refractivity contribution in [3.8, 4) is 0 Å². The first-order chi connectivity index (χ1) is 15.8.